The Bertz CT molecular complexity index is 565. The number of hydrogen-bond acceptors (Lipinski definition) is 5. The van der Waals surface area contributed by atoms with Gasteiger partial charge in [0.2, 0.25) is 12.3 Å². The van der Waals surface area contributed by atoms with E-state index >= 15 is 0 Å². The third-order valence-electron chi connectivity index (χ3n) is 3.19. The van der Waals surface area contributed by atoms with Gasteiger partial charge in [-0.3, -0.25) is 4.79 Å². The summed E-state index contributed by atoms with van der Waals surface area (Å²) in [4.78, 5) is 13.8. The first-order chi connectivity index (χ1) is 9.24. The van der Waals surface area contributed by atoms with E-state index in [1.165, 1.54) is 6.39 Å². The maximum absolute atomic E-state index is 12.2. The van der Waals surface area contributed by atoms with Crippen molar-refractivity contribution in [2.45, 2.75) is 12.5 Å². The lowest BCUT2D eigenvalue weighted by Gasteiger charge is -2.15. The van der Waals surface area contributed by atoms with Crippen LogP contribution in [-0.4, -0.2) is 45.3 Å². The summed E-state index contributed by atoms with van der Waals surface area (Å²) in [5.41, 5.74) is 1.37. The molecule has 1 aromatic carbocycles. The van der Waals surface area contributed by atoms with Crippen LogP contribution < -0.4 is 0 Å². The van der Waals surface area contributed by atoms with Crippen molar-refractivity contribution in [3.8, 4) is 11.5 Å². The van der Waals surface area contributed by atoms with Crippen LogP contribution in [0, 0.1) is 0 Å². The van der Waals surface area contributed by atoms with Crippen molar-refractivity contribution >= 4 is 5.91 Å². The Balaban J connectivity index is 1.77. The number of rotatable bonds is 2. The zero-order chi connectivity index (χ0) is 13.2. The van der Waals surface area contributed by atoms with Crippen LogP contribution >= 0.6 is 0 Å². The van der Waals surface area contributed by atoms with Gasteiger partial charge in [0.05, 0.1) is 6.10 Å². The molecule has 1 saturated heterocycles. The number of likely N-dealkylation sites (tertiary alicyclic amines) is 1. The van der Waals surface area contributed by atoms with E-state index in [1.807, 2.05) is 0 Å². The molecule has 1 aliphatic heterocycles. The van der Waals surface area contributed by atoms with Gasteiger partial charge in [-0.25, -0.2) is 0 Å². The zero-order valence-corrected chi connectivity index (χ0v) is 10.2. The van der Waals surface area contributed by atoms with Crippen LogP contribution in [-0.2, 0) is 0 Å². The van der Waals surface area contributed by atoms with Gasteiger partial charge in [-0.05, 0) is 30.7 Å². The summed E-state index contributed by atoms with van der Waals surface area (Å²) in [5.74, 6) is 0.365. The lowest BCUT2D eigenvalue weighted by molar-refractivity contribution is 0.0765. The summed E-state index contributed by atoms with van der Waals surface area (Å²) in [6.45, 7) is 1.01. The van der Waals surface area contributed by atoms with Crippen LogP contribution in [0.5, 0.6) is 0 Å². The van der Waals surface area contributed by atoms with Crippen molar-refractivity contribution in [2.24, 2.45) is 0 Å². The predicted octanol–water partition coefficient (Wildman–Crippen LogP) is 0.943. The molecule has 2 heterocycles. The van der Waals surface area contributed by atoms with Gasteiger partial charge in [0.15, 0.2) is 0 Å². The predicted molar refractivity (Wildman–Crippen MR) is 66.3 cm³/mol. The Kier molecular flexibility index (Phi) is 3.00. The third-order valence-corrected chi connectivity index (χ3v) is 3.19. The molecule has 1 N–H and O–H groups in total. The zero-order valence-electron chi connectivity index (χ0n) is 10.2. The van der Waals surface area contributed by atoms with Crippen molar-refractivity contribution < 1.29 is 14.3 Å². The van der Waals surface area contributed by atoms with Crippen molar-refractivity contribution in [1.82, 2.24) is 15.1 Å². The number of hydrogen-bond donors (Lipinski definition) is 1. The van der Waals surface area contributed by atoms with Crippen LogP contribution in [0.1, 0.15) is 16.8 Å². The highest BCUT2D eigenvalue weighted by Crippen LogP contribution is 2.19. The number of nitrogens with zero attached hydrogens (tertiary/aromatic N) is 3. The second kappa shape index (κ2) is 4.81. The summed E-state index contributed by atoms with van der Waals surface area (Å²) in [6, 6.07) is 7.00. The maximum Gasteiger partial charge on any atom is 0.253 e. The van der Waals surface area contributed by atoms with Gasteiger partial charge in [0.25, 0.3) is 5.91 Å². The fourth-order valence-corrected chi connectivity index (χ4v) is 2.16. The van der Waals surface area contributed by atoms with Crippen molar-refractivity contribution in [1.29, 1.82) is 0 Å². The molecule has 1 aliphatic rings. The second-order valence-corrected chi connectivity index (χ2v) is 4.51. The molecule has 0 bridgehead atoms. The Morgan fingerprint density at radius 3 is 2.74 bits per heavy atom. The molecule has 19 heavy (non-hydrogen) atoms. The number of carbonyl (C=O) groups is 1. The molecule has 3 rings (SSSR count). The summed E-state index contributed by atoms with van der Waals surface area (Å²) >= 11 is 0. The number of carbonyl (C=O) groups excluding carboxylic acids is 1. The minimum Gasteiger partial charge on any atom is -0.423 e. The average Bonchev–Trinajstić information content (AvgIpc) is 3.09. The third kappa shape index (κ3) is 2.34. The molecule has 6 heteroatoms. The van der Waals surface area contributed by atoms with Gasteiger partial charge >= 0.3 is 0 Å². The standard InChI is InChI=1S/C13H13N3O3/c17-11-5-6-16(7-11)13(18)10-3-1-9(2-4-10)12-15-14-8-19-12/h1-4,8,11,17H,5-7H2/t11-/m1/s1. The Hall–Kier alpha value is -2.21. The number of aliphatic hydroxyl groups is 1. The number of aliphatic hydroxyl groups excluding tert-OH is 1. The molecular weight excluding hydrogens is 246 g/mol. The van der Waals surface area contributed by atoms with E-state index < -0.39 is 6.10 Å². The molecule has 0 saturated carbocycles. The summed E-state index contributed by atoms with van der Waals surface area (Å²) in [5, 5.41) is 16.9. The van der Waals surface area contributed by atoms with Gasteiger partial charge < -0.3 is 14.4 Å². The fraction of sp³-hybridized carbons (Fsp3) is 0.308. The molecule has 0 aliphatic carbocycles. The molecule has 1 aromatic heterocycles. The molecule has 1 amide bonds. The van der Waals surface area contributed by atoms with Crippen LogP contribution in [0.3, 0.4) is 0 Å². The smallest absolute Gasteiger partial charge is 0.253 e. The van der Waals surface area contributed by atoms with Crippen molar-refractivity contribution in [2.75, 3.05) is 13.1 Å². The van der Waals surface area contributed by atoms with Gasteiger partial charge in [-0.2, -0.15) is 0 Å². The number of amides is 1. The number of β-amino-alcohol motifs (C(OH)–C–C–N with tert-alkyl or cyclic N) is 1. The van der Waals surface area contributed by atoms with Gasteiger partial charge in [-0.15, -0.1) is 10.2 Å². The van der Waals surface area contributed by atoms with Crippen molar-refractivity contribution in [3.05, 3.63) is 36.2 Å². The van der Waals surface area contributed by atoms with E-state index in [0.29, 0.717) is 31.0 Å². The minimum atomic E-state index is -0.401. The molecule has 0 radical (unpaired) electrons. The first-order valence-electron chi connectivity index (χ1n) is 6.08. The highest BCUT2D eigenvalue weighted by atomic mass is 16.4. The monoisotopic (exact) mass is 259 g/mol. The maximum atomic E-state index is 12.2. The van der Waals surface area contributed by atoms with Crippen LogP contribution in [0.2, 0.25) is 0 Å². The summed E-state index contributed by atoms with van der Waals surface area (Å²) in [7, 11) is 0. The van der Waals surface area contributed by atoms with E-state index in [4.69, 9.17) is 4.42 Å². The Morgan fingerprint density at radius 2 is 2.16 bits per heavy atom. The average molecular weight is 259 g/mol. The molecular formula is C13H13N3O3. The molecule has 1 fully saturated rings. The highest BCUT2D eigenvalue weighted by molar-refractivity contribution is 5.94. The summed E-state index contributed by atoms with van der Waals surface area (Å²) in [6.07, 6.45) is 1.51. The van der Waals surface area contributed by atoms with E-state index in [1.54, 1.807) is 29.2 Å². The lowest BCUT2D eigenvalue weighted by atomic mass is 10.1. The SMILES string of the molecule is O=C(c1ccc(-c2nnco2)cc1)N1CC[C@@H](O)C1. The van der Waals surface area contributed by atoms with Crippen LogP contribution in [0.4, 0.5) is 0 Å². The molecule has 6 nitrogen and oxygen atoms in total. The van der Waals surface area contributed by atoms with Crippen LogP contribution in [0.25, 0.3) is 11.5 Å². The highest BCUT2D eigenvalue weighted by Gasteiger charge is 2.25. The normalized spacial score (nSPS) is 18.8. The first-order valence-corrected chi connectivity index (χ1v) is 6.08. The van der Waals surface area contributed by atoms with E-state index in [9.17, 15) is 9.90 Å². The molecule has 1 atom stereocenters. The van der Waals surface area contributed by atoms with Crippen molar-refractivity contribution in [3.63, 3.8) is 0 Å². The number of benzene rings is 1. The first kappa shape index (κ1) is 11.9. The molecule has 98 valence electrons. The van der Waals surface area contributed by atoms with Gasteiger partial charge in [0.1, 0.15) is 0 Å². The lowest BCUT2D eigenvalue weighted by Crippen LogP contribution is -2.29. The number of aromatic nitrogens is 2. The van der Waals surface area contributed by atoms with E-state index in [0.717, 1.165) is 5.56 Å². The summed E-state index contributed by atoms with van der Waals surface area (Å²) < 4.78 is 5.08. The Morgan fingerprint density at radius 1 is 1.37 bits per heavy atom. The van der Waals surface area contributed by atoms with Crippen LogP contribution in [0.15, 0.2) is 35.1 Å². The quantitative estimate of drug-likeness (QED) is 0.868. The molecule has 2 aromatic rings. The van der Waals surface area contributed by atoms with E-state index in [-0.39, 0.29) is 5.91 Å². The largest absolute Gasteiger partial charge is 0.423 e. The topological polar surface area (TPSA) is 79.5 Å². The van der Waals surface area contributed by atoms with E-state index in [2.05, 4.69) is 10.2 Å². The second-order valence-electron chi connectivity index (χ2n) is 4.51. The van der Waals surface area contributed by atoms with Gasteiger partial charge in [0, 0.05) is 24.2 Å². The fourth-order valence-electron chi connectivity index (χ4n) is 2.16. The molecule has 0 spiro atoms. The van der Waals surface area contributed by atoms with Gasteiger partial charge in [-0.1, -0.05) is 0 Å². The minimum absolute atomic E-state index is 0.0615. The molecule has 0 unspecified atom stereocenters. The Labute approximate surface area is 109 Å².